The molecule has 0 amide bonds. The summed E-state index contributed by atoms with van der Waals surface area (Å²) in [4.78, 5) is 2.47. The Kier molecular flexibility index (Phi) is 5.42. The molecule has 17 heavy (non-hydrogen) atoms. The summed E-state index contributed by atoms with van der Waals surface area (Å²) in [5.41, 5.74) is 5.95. The summed E-state index contributed by atoms with van der Waals surface area (Å²) in [6.07, 6.45) is 5.48. The molecule has 4 atom stereocenters. The fourth-order valence-electron chi connectivity index (χ4n) is 3.02. The van der Waals surface area contributed by atoms with Crippen LogP contribution in [0.25, 0.3) is 0 Å². The first kappa shape index (κ1) is 14.9. The molecule has 0 aliphatic heterocycles. The third-order valence-electron chi connectivity index (χ3n) is 4.90. The summed E-state index contributed by atoms with van der Waals surface area (Å²) in [5, 5.41) is 0. The highest BCUT2D eigenvalue weighted by Gasteiger charge is 2.38. The van der Waals surface area contributed by atoms with Gasteiger partial charge in [-0.2, -0.15) is 0 Å². The van der Waals surface area contributed by atoms with Crippen LogP contribution in [-0.2, 0) is 4.74 Å². The van der Waals surface area contributed by atoms with Gasteiger partial charge in [0, 0.05) is 19.7 Å². The van der Waals surface area contributed by atoms with Gasteiger partial charge in [0.1, 0.15) is 0 Å². The molecule has 1 aliphatic rings. The SMILES string of the molecule is COC(C)C(C)(CN)N(C)C1CCCC(C)C1. The zero-order valence-corrected chi connectivity index (χ0v) is 12.2. The monoisotopic (exact) mass is 242 g/mol. The molecule has 0 aromatic rings. The summed E-state index contributed by atoms with van der Waals surface area (Å²) < 4.78 is 5.52. The molecule has 1 saturated carbocycles. The molecule has 1 aliphatic carbocycles. The predicted molar refractivity (Wildman–Crippen MR) is 73.1 cm³/mol. The smallest absolute Gasteiger partial charge is 0.0736 e. The number of likely N-dealkylation sites (N-methyl/N-ethyl adjacent to an activating group) is 1. The fraction of sp³-hybridized carbons (Fsp3) is 1.00. The molecule has 102 valence electrons. The van der Waals surface area contributed by atoms with Gasteiger partial charge in [-0.1, -0.05) is 19.8 Å². The van der Waals surface area contributed by atoms with Crippen LogP contribution in [0.1, 0.15) is 46.5 Å². The molecular weight excluding hydrogens is 212 g/mol. The van der Waals surface area contributed by atoms with Crippen molar-refractivity contribution in [2.75, 3.05) is 20.7 Å². The number of ether oxygens (including phenoxy) is 1. The van der Waals surface area contributed by atoms with Crippen molar-refractivity contribution in [2.24, 2.45) is 11.7 Å². The minimum absolute atomic E-state index is 0.0591. The Morgan fingerprint density at radius 1 is 1.47 bits per heavy atom. The molecule has 0 spiro atoms. The molecule has 3 heteroatoms. The normalized spacial score (nSPS) is 31.2. The molecule has 1 rings (SSSR count). The molecular formula is C14H30N2O. The van der Waals surface area contributed by atoms with Crippen LogP contribution >= 0.6 is 0 Å². The topological polar surface area (TPSA) is 38.5 Å². The van der Waals surface area contributed by atoms with Crippen LogP contribution in [0.15, 0.2) is 0 Å². The first-order valence-corrected chi connectivity index (χ1v) is 6.91. The Morgan fingerprint density at radius 2 is 2.12 bits per heavy atom. The van der Waals surface area contributed by atoms with Gasteiger partial charge in [-0.05, 0) is 39.7 Å². The quantitative estimate of drug-likeness (QED) is 0.803. The van der Waals surface area contributed by atoms with E-state index in [1.807, 2.05) is 0 Å². The number of nitrogens with zero attached hydrogens (tertiary/aromatic N) is 1. The lowest BCUT2D eigenvalue weighted by atomic mass is 9.83. The molecule has 0 heterocycles. The average molecular weight is 242 g/mol. The number of hydrogen-bond acceptors (Lipinski definition) is 3. The van der Waals surface area contributed by atoms with E-state index in [-0.39, 0.29) is 11.6 Å². The Bertz CT molecular complexity index is 234. The van der Waals surface area contributed by atoms with Crippen molar-refractivity contribution in [1.29, 1.82) is 0 Å². The lowest BCUT2D eigenvalue weighted by molar-refractivity contribution is -0.0468. The summed E-state index contributed by atoms with van der Waals surface area (Å²) in [6, 6.07) is 0.657. The lowest BCUT2D eigenvalue weighted by Gasteiger charge is -2.47. The van der Waals surface area contributed by atoms with Gasteiger partial charge in [-0.15, -0.1) is 0 Å². The number of rotatable bonds is 5. The lowest BCUT2D eigenvalue weighted by Crippen LogP contribution is -2.61. The molecule has 4 unspecified atom stereocenters. The second-order valence-electron chi connectivity index (χ2n) is 5.98. The van der Waals surface area contributed by atoms with Crippen molar-refractivity contribution in [3.05, 3.63) is 0 Å². The van der Waals surface area contributed by atoms with E-state index in [9.17, 15) is 0 Å². The van der Waals surface area contributed by atoms with Gasteiger partial charge in [0.05, 0.1) is 11.6 Å². The Balaban J connectivity index is 2.74. The van der Waals surface area contributed by atoms with Crippen molar-refractivity contribution < 1.29 is 4.74 Å². The highest BCUT2D eigenvalue weighted by molar-refractivity contribution is 4.95. The molecule has 0 saturated heterocycles. The molecule has 3 nitrogen and oxygen atoms in total. The molecule has 0 radical (unpaired) electrons. The Morgan fingerprint density at radius 3 is 2.59 bits per heavy atom. The zero-order valence-electron chi connectivity index (χ0n) is 12.2. The van der Waals surface area contributed by atoms with E-state index in [2.05, 4.69) is 32.7 Å². The minimum atomic E-state index is -0.0591. The van der Waals surface area contributed by atoms with Crippen LogP contribution in [0, 0.1) is 5.92 Å². The maximum Gasteiger partial charge on any atom is 0.0736 e. The van der Waals surface area contributed by atoms with Crippen LogP contribution in [0.5, 0.6) is 0 Å². The highest BCUT2D eigenvalue weighted by Crippen LogP contribution is 2.31. The highest BCUT2D eigenvalue weighted by atomic mass is 16.5. The second-order valence-corrected chi connectivity index (χ2v) is 5.98. The molecule has 0 aromatic carbocycles. The Hall–Kier alpha value is -0.120. The molecule has 0 bridgehead atoms. The fourth-order valence-corrected chi connectivity index (χ4v) is 3.02. The van der Waals surface area contributed by atoms with Crippen LogP contribution in [0.4, 0.5) is 0 Å². The van der Waals surface area contributed by atoms with Gasteiger partial charge in [0.15, 0.2) is 0 Å². The van der Waals surface area contributed by atoms with Crippen LogP contribution in [0.3, 0.4) is 0 Å². The predicted octanol–water partition coefficient (Wildman–Crippen LogP) is 2.25. The number of methoxy groups -OCH3 is 1. The van der Waals surface area contributed by atoms with Crippen molar-refractivity contribution in [3.63, 3.8) is 0 Å². The van der Waals surface area contributed by atoms with Crippen LogP contribution < -0.4 is 5.73 Å². The van der Waals surface area contributed by atoms with E-state index in [0.717, 1.165) is 5.92 Å². The second kappa shape index (κ2) is 6.17. The van der Waals surface area contributed by atoms with Gasteiger partial charge in [0.2, 0.25) is 0 Å². The number of nitrogens with two attached hydrogens (primary N) is 1. The van der Waals surface area contributed by atoms with E-state index >= 15 is 0 Å². The van der Waals surface area contributed by atoms with E-state index in [0.29, 0.717) is 12.6 Å². The third-order valence-corrected chi connectivity index (χ3v) is 4.90. The zero-order chi connectivity index (χ0) is 13.1. The van der Waals surface area contributed by atoms with E-state index in [4.69, 9.17) is 10.5 Å². The van der Waals surface area contributed by atoms with Gasteiger partial charge >= 0.3 is 0 Å². The minimum Gasteiger partial charge on any atom is -0.380 e. The largest absolute Gasteiger partial charge is 0.380 e. The van der Waals surface area contributed by atoms with Crippen molar-refractivity contribution in [3.8, 4) is 0 Å². The first-order chi connectivity index (χ1) is 7.95. The summed E-state index contributed by atoms with van der Waals surface area (Å²) >= 11 is 0. The van der Waals surface area contributed by atoms with E-state index in [1.165, 1.54) is 25.7 Å². The molecule has 0 aromatic heterocycles. The number of hydrogen-bond donors (Lipinski definition) is 1. The van der Waals surface area contributed by atoms with Crippen LogP contribution in [-0.4, -0.2) is 43.3 Å². The van der Waals surface area contributed by atoms with Gasteiger partial charge in [-0.25, -0.2) is 0 Å². The Labute approximate surface area is 107 Å². The molecule has 1 fully saturated rings. The third kappa shape index (κ3) is 3.21. The summed E-state index contributed by atoms with van der Waals surface area (Å²) in [7, 11) is 3.99. The van der Waals surface area contributed by atoms with Crippen LogP contribution in [0.2, 0.25) is 0 Å². The average Bonchev–Trinajstić information content (AvgIpc) is 2.35. The van der Waals surface area contributed by atoms with E-state index < -0.39 is 0 Å². The summed E-state index contributed by atoms with van der Waals surface area (Å²) in [5.74, 6) is 0.844. The van der Waals surface area contributed by atoms with Gasteiger partial charge in [0.25, 0.3) is 0 Å². The first-order valence-electron chi connectivity index (χ1n) is 6.91. The van der Waals surface area contributed by atoms with Gasteiger partial charge in [-0.3, -0.25) is 4.90 Å². The van der Waals surface area contributed by atoms with E-state index in [1.54, 1.807) is 7.11 Å². The maximum absolute atomic E-state index is 6.00. The van der Waals surface area contributed by atoms with Gasteiger partial charge < -0.3 is 10.5 Å². The molecule has 2 N–H and O–H groups in total. The van der Waals surface area contributed by atoms with Crippen molar-refractivity contribution in [1.82, 2.24) is 4.90 Å². The maximum atomic E-state index is 6.00. The van der Waals surface area contributed by atoms with Crippen molar-refractivity contribution >= 4 is 0 Å². The van der Waals surface area contributed by atoms with Crippen molar-refractivity contribution in [2.45, 2.75) is 64.1 Å². The summed E-state index contributed by atoms with van der Waals surface area (Å²) in [6.45, 7) is 7.35. The standard InChI is InChI=1S/C14H30N2O/c1-11-7-6-8-13(9-11)16(4)14(3,10-15)12(2)17-5/h11-13H,6-10,15H2,1-5H3.